The van der Waals surface area contributed by atoms with Gasteiger partial charge in [0.25, 0.3) is 0 Å². The summed E-state index contributed by atoms with van der Waals surface area (Å²) in [6.45, 7) is 4.62. The fourth-order valence-electron chi connectivity index (χ4n) is 3.24. The van der Waals surface area contributed by atoms with E-state index < -0.39 is 0 Å². The van der Waals surface area contributed by atoms with E-state index in [9.17, 15) is 0 Å². The molecule has 3 heteroatoms. The number of hydrogen-bond acceptors (Lipinski definition) is 3. The van der Waals surface area contributed by atoms with E-state index in [1.807, 2.05) is 12.1 Å². The average Bonchev–Trinajstić information content (AvgIpc) is 2.49. The molecule has 19 heavy (non-hydrogen) atoms. The molecule has 2 aliphatic heterocycles. The molecule has 2 heterocycles. The first-order valence-corrected chi connectivity index (χ1v) is 7.33. The van der Waals surface area contributed by atoms with Gasteiger partial charge in [0.05, 0.1) is 11.4 Å². The van der Waals surface area contributed by atoms with Gasteiger partial charge < -0.3 is 10.6 Å². The van der Waals surface area contributed by atoms with Crippen molar-refractivity contribution in [2.45, 2.75) is 25.3 Å². The maximum Gasteiger partial charge on any atom is 0.0599 e. The van der Waals surface area contributed by atoms with E-state index in [0.29, 0.717) is 0 Å². The van der Waals surface area contributed by atoms with E-state index in [4.69, 9.17) is 5.73 Å². The molecule has 2 aliphatic rings. The van der Waals surface area contributed by atoms with Crippen LogP contribution in [0.5, 0.6) is 0 Å². The van der Waals surface area contributed by atoms with Crippen LogP contribution in [0.4, 0.5) is 11.4 Å². The molecule has 102 valence electrons. The molecule has 0 saturated carbocycles. The lowest BCUT2D eigenvalue weighted by Crippen LogP contribution is -2.46. The van der Waals surface area contributed by atoms with Gasteiger partial charge in [-0.3, -0.25) is 4.90 Å². The van der Waals surface area contributed by atoms with Crippen molar-refractivity contribution in [3.05, 3.63) is 36.4 Å². The molecule has 1 fully saturated rings. The van der Waals surface area contributed by atoms with Crippen LogP contribution in [-0.2, 0) is 0 Å². The third kappa shape index (κ3) is 2.76. The van der Waals surface area contributed by atoms with Crippen LogP contribution >= 0.6 is 0 Å². The Balaban J connectivity index is 1.60. The van der Waals surface area contributed by atoms with Crippen LogP contribution in [0.15, 0.2) is 36.4 Å². The van der Waals surface area contributed by atoms with Crippen LogP contribution in [0.3, 0.4) is 0 Å². The van der Waals surface area contributed by atoms with Crippen LogP contribution in [0.2, 0.25) is 0 Å². The average molecular weight is 257 g/mol. The maximum atomic E-state index is 6.07. The van der Waals surface area contributed by atoms with Crippen molar-refractivity contribution in [1.29, 1.82) is 0 Å². The summed E-state index contributed by atoms with van der Waals surface area (Å²) in [5.74, 6) is 0. The third-order valence-electron chi connectivity index (χ3n) is 4.35. The highest BCUT2D eigenvalue weighted by Gasteiger charge is 2.25. The first kappa shape index (κ1) is 12.5. The smallest absolute Gasteiger partial charge is 0.0599 e. The summed E-state index contributed by atoms with van der Waals surface area (Å²) in [4.78, 5) is 5.07. The van der Waals surface area contributed by atoms with Crippen molar-refractivity contribution < 1.29 is 0 Å². The Kier molecular flexibility index (Phi) is 3.74. The molecule has 1 aromatic carbocycles. The van der Waals surface area contributed by atoms with Gasteiger partial charge in [-0.25, -0.2) is 0 Å². The predicted molar refractivity (Wildman–Crippen MR) is 81.4 cm³/mol. The van der Waals surface area contributed by atoms with E-state index in [1.165, 1.54) is 31.5 Å². The van der Waals surface area contributed by atoms with E-state index in [0.717, 1.165) is 31.4 Å². The van der Waals surface area contributed by atoms with E-state index in [1.54, 1.807) is 0 Å². The lowest BCUT2D eigenvalue weighted by Gasteiger charge is -2.40. The van der Waals surface area contributed by atoms with Crippen LogP contribution in [0, 0.1) is 0 Å². The molecule has 0 bridgehead atoms. The topological polar surface area (TPSA) is 32.5 Å². The molecule has 3 rings (SSSR count). The molecule has 0 atom stereocenters. The van der Waals surface area contributed by atoms with Crippen molar-refractivity contribution in [2.75, 3.05) is 36.8 Å². The number of nitrogens with two attached hydrogens (primary N) is 1. The summed E-state index contributed by atoms with van der Waals surface area (Å²) in [5, 5.41) is 0. The van der Waals surface area contributed by atoms with E-state index in [2.05, 4.69) is 34.1 Å². The van der Waals surface area contributed by atoms with Crippen molar-refractivity contribution in [3.63, 3.8) is 0 Å². The van der Waals surface area contributed by atoms with Gasteiger partial charge in [0.15, 0.2) is 0 Å². The zero-order chi connectivity index (χ0) is 13.1. The lowest BCUT2D eigenvalue weighted by molar-refractivity contribution is 0.184. The van der Waals surface area contributed by atoms with Gasteiger partial charge in [0, 0.05) is 32.2 Å². The number of nitrogen functional groups attached to an aromatic ring is 1. The minimum Gasteiger partial charge on any atom is -0.397 e. The standard InChI is InChI=1S/C16H23N3/c17-15-6-2-3-7-16(15)19-12-8-14(9-13-19)18-10-4-1-5-11-18/h1-4,6-7,14H,5,8-13,17H2. The molecule has 1 saturated heterocycles. The quantitative estimate of drug-likeness (QED) is 0.652. The molecular formula is C16H23N3. The molecular weight excluding hydrogens is 234 g/mol. The Hall–Kier alpha value is -1.48. The van der Waals surface area contributed by atoms with Crippen molar-refractivity contribution in [1.82, 2.24) is 4.90 Å². The number of piperidine rings is 1. The van der Waals surface area contributed by atoms with Gasteiger partial charge in [-0.15, -0.1) is 0 Å². The van der Waals surface area contributed by atoms with Crippen molar-refractivity contribution in [3.8, 4) is 0 Å². The van der Waals surface area contributed by atoms with Gasteiger partial charge >= 0.3 is 0 Å². The Morgan fingerprint density at radius 1 is 1.00 bits per heavy atom. The SMILES string of the molecule is Nc1ccccc1N1CCC(N2CC=CCC2)CC1. The second kappa shape index (κ2) is 5.66. The Bertz CT molecular complexity index is 447. The Morgan fingerprint density at radius 3 is 2.47 bits per heavy atom. The molecule has 2 N–H and O–H groups in total. The first-order valence-electron chi connectivity index (χ1n) is 7.33. The predicted octanol–water partition coefficient (Wildman–Crippen LogP) is 2.50. The highest BCUT2D eigenvalue weighted by molar-refractivity contribution is 5.67. The second-order valence-corrected chi connectivity index (χ2v) is 5.53. The van der Waals surface area contributed by atoms with Gasteiger partial charge in [-0.2, -0.15) is 0 Å². The van der Waals surface area contributed by atoms with Gasteiger partial charge in [0.1, 0.15) is 0 Å². The Morgan fingerprint density at radius 2 is 1.79 bits per heavy atom. The summed E-state index contributed by atoms with van der Waals surface area (Å²) in [6, 6.07) is 8.97. The zero-order valence-electron chi connectivity index (χ0n) is 11.5. The minimum absolute atomic E-state index is 0.756. The maximum absolute atomic E-state index is 6.07. The first-order chi connectivity index (χ1) is 9.34. The molecule has 0 aliphatic carbocycles. The zero-order valence-corrected chi connectivity index (χ0v) is 11.5. The molecule has 1 aromatic rings. The van der Waals surface area contributed by atoms with Crippen LogP contribution in [-0.4, -0.2) is 37.1 Å². The van der Waals surface area contributed by atoms with Crippen molar-refractivity contribution in [2.24, 2.45) is 0 Å². The van der Waals surface area contributed by atoms with Crippen molar-refractivity contribution >= 4 is 11.4 Å². The summed E-state index contributed by atoms with van der Waals surface area (Å²) in [5.41, 5.74) is 8.18. The highest BCUT2D eigenvalue weighted by atomic mass is 15.2. The molecule has 0 unspecified atom stereocenters. The molecule has 0 amide bonds. The van der Waals surface area contributed by atoms with Crippen LogP contribution in [0.25, 0.3) is 0 Å². The number of anilines is 2. The van der Waals surface area contributed by atoms with Crippen LogP contribution in [0.1, 0.15) is 19.3 Å². The summed E-state index contributed by atoms with van der Waals surface area (Å²) in [6.07, 6.45) is 8.33. The van der Waals surface area contributed by atoms with E-state index >= 15 is 0 Å². The van der Waals surface area contributed by atoms with Crippen LogP contribution < -0.4 is 10.6 Å². The number of rotatable bonds is 2. The molecule has 0 radical (unpaired) electrons. The molecule has 0 aromatic heterocycles. The number of nitrogens with zero attached hydrogens (tertiary/aromatic N) is 2. The van der Waals surface area contributed by atoms with Gasteiger partial charge in [0.2, 0.25) is 0 Å². The summed E-state index contributed by atoms with van der Waals surface area (Å²) >= 11 is 0. The molecule has 3 nitrogen and oxygen atoms in total. The monoisotopic (exact) mass is 257 g/mol. The largest absolute Gasteiger partial charge is 0.397 e. The summed E-state index contributed by atoms with van der Waals surface area (Å²) < 4.78 is 0. The lowest BCUT2D eigenvalue weighted by atomic mass is 10.0. The second-order valence-electron chi connectivity index (χ2n) is 5.53. The Labute approximate surface area is 115 Å². The third-order valence-corrected chi connectivity index (χ3v) is 4.35. The van der Waals surface area contributed by atoms with E-state index in [-0.39, 0.29) is 0 Å². The minimum atomic E-state index is 0.756. The fraction of sp³-hybridized carbons (Fsp3) is 0.500. The summed E-state index contributed by atoms with van der Waals surface area (Å²) in [7, 11) is 0. The number of para-hydroxylation sites is 2. The number of hydrogen-bond donors (Lipinski definition) is 1. The van der Waals surface area contributed by atoms with Gasteiger partial charge in [-0.1, -0.05) is 24.3 Å². The normalized spacial score (nSPS) is 21.8. The fourth-order valence-corrected chi connectivity index (χ4v) is 3.24. The molecule has 0 spiro atoms. The highest BCUT2D eigenvalue weighted by Crippen LogP contribution is 2.27. The number of benzene rings is 1. The van der Waals surface area contributed by atoms with Gasteiger partial charge in [-0.05, 0) is 31.4 Å².